The Morgan fingerprint density at radius 3 is 2.50 bits per heavy atom. The van der Waals surface area contributed by atoms with Crippen LogP contribution in [-0.2, 0) is 12.7 Å². The highest BCUT2D eigenvalue weighted by Crippen LogP contribution is 2.31. The van der Waals surface area contributed by atoms with E-state index in [0.717, 1.165) is 17.7 Å². The van der Waals surface area contributed by atoms with Gasteiger partial charge in [0.05, 0.1) is 21.4 Å². The van der Waals surface area contributed by atoms with E-state index in [1.807, 2.05) is 0 Å². The van der Waals surface area contributed by atoms with Gasteiger partial charge in [-0.15, -0.1) is 0 Å². The number of halogens is 3. The molecule has 0 saturated heterocycles. The van der Waals surface area contributed by atoms with Gasteiger partial charge in [0.1, 0.15) is 5.82 Å². The lowest BCUT2D eigenvalue weighted by Gasteiger charge is -2.07. The molecule has 4 rings (SSSR count). The van der Waals surface area contributed by atoms with Gasteiger partial charge < -0.3 is 0 Å². The summed E-state index contributed by atoms with van der Waals surface area (Å²) < 4.78 is 39.5. The van der Waals surface area contributed by atoms with E-state index >= 15 is 0 Å². The van der Waals surface area contributed by atoms with Crippen LogP contribution in [0.15, 0.2) is 47.3 Å². The zero-order valence-electron chi connectivity index (χ0n) is 14.2. The second-order valence-corrected chi connectivity index (χ2v) is 6.39. The van der Waals surface area contributed by atoms with Crippen LogP contribution in [0, 0.1) is 10.1 Å². The van der Waals surface area contributed by atoms with Crippen molar-refractivity contribution in [1.82, 2.24) is 9.55 Å². The summed E-state index contributed by atoms with van der Waals surface area (Å²) in [6.07, 6.45) is -2.22. The molecule has 142 valence electrons. The van der Waals surface area contributed by atoms with Crippen LogP contribution in [-0.4, -0.2) is 14.5 Å². The normalized spacial score (nSPS) is 15.2. The molecule has 0 bridgehead atoms. The topological polar surface area (TPSA) is 78.0 Å². The first-order chi connectivity index (χ1) is 13.2. The third-order valence-electron chi connectivity index (χ3n) is 4.62. The van der Waals surface area contributed by atoms with Crippen LogP contribution < -0.4 is 5.56 Å². The van der Waals surface area contributed by atoms with E-state index < -0.39 is 16.7 Å². The van der Waals surface area contributed by atoms with Crippen molar-refractivity contribution in [1.29, 1.82) is 0 Å². The highest BCUT2D eigenvalue weighted by molar-refractivity contribution is 5.85. The van der Waals surface area contributed by atoms with Gasteiger partial charge in [-0.25, -0.2) is 4.98 Å². The number of fused-ring (bicyclic) bond motifs is 2. The van der Waals surface area contributed by atoms with Crippen LogP contribution in [0.25, 0.3) is 22.6 Å². The molecule has 1 aliphatic heterocycles. The number of aromatic nitrogens is 2. The molecule has 28 heavy (non-hydrogen) atoms. The highest BCUT2D eigenvalue weighted by atomic mass is 19.4. The average Bonchev–Trinajstić information content (AvgIpc) is 3.04. The van der Waals surface area contributed by atoms with Crippen molar-refractivity contribution in [3.63, 3.8) is 0 Å². The standard InChI is InChI=1S/C19H12F3N3O3/c20-19(21,22)13-3-1-11(2-4-13)9-12-7-8-24-17(12)23-16-6-5-14(25(27)28)10-15(16)18(24)26/h1-6,9-10H,7-8H2/b12-9-. The first-order valence-electron chi connectivity index (χ1n) is 8.31. The maximum absolute atomic E-state index is 12.7. The van der Waals surface area contributed by atoms with E-state index in [2.05, 4.69) is 4.98 Å². The average molecular weight is 387 g/mol. The summed E-state index contributed by atoms with van der Waals surface area (Å²) in [5.74, 6) is 0.422. The molecule has 2 heterocycles. The minimum atomic E-state index is -4.40. The number of nitro groups is 1. The summed E-state index contributed by atoms with van der Waals surface area (Å²) in [7, 11) is 0. The predicted octanol–water partition coefficient (Wildman–Crippen LogP) is 4.27. The van der Waals surface area contributed by atoms with Gasteiger partial charge in [0.2, 0.25) is 0 Å². The lowest BCUT2D eigenvalue weighted by Crippen LogP contribution is -2.20. The molecule has 3 aromatic rings. The van der Waals surface area contributed by atoms with E-state index in [1.165, 1.54) is 34.9 Å². The molecule has 2 aromatic carbocycles. The lowest BCUT2D eigenvalue weighted by atomic mass is 10.1. The van der Waals surface area contributed by atoms with Crippen molar-refractivity contribution in [3.8, 4) is 0 Å². The number of alkyl halides is 3. The smallest absolute Gasteiger partial charge is 0.292 e. The fourth-order valence-electron chi connectivity index (χ4n) is 3.23. The SMILES string of the molecule is O=c1c2cc([N+](=O)[O-])ccc2nc2n1CC/C2=C/c1ccc(C(F)(F)F)cc1. The summed E-state index contributed by atoms with van der Waals surface area (Å²) in [6, 6.07) is 8.63. The zero-order chi connectivity index (χ0) is 20.1. The molecule has 0 radical (unpaired) electrons. The van der Waals surface area contributed by atoms with Crippen LogP contribution in [0.4, 0.5) is 18.9 Å². The van der Waals surface area contributed by atoms with E-state index in [4.69, 9.17) is 0 Å². The van der Waals surface area contributed by atoms with Gasteiger partial charge in [-0.2, -0.15) is 13.2 Å². The first kappa shape index (κ1) is 17.9. The number of benzene rings is 2. The Kier molecular flexibility index (Phi) is 4.02. The van der Waals surface area contributed by atoms with Gasteiger partial charge in [0.25, 0.3) is 11.2 Å². The zero-order valence-corrected chi connectivity index (χ0v) is 14.2. The quantitative estimate of drug-likeness (QED) is 0.486. The van der Waals surface area contributed by atoms with Gasteiger partial charge in [0.15, 0.2) is 0 Å². The molecule has 0 aliphatic carbocycles. The first-order valence-corrected chi connectivity index (χ1v) is 8.31. The molecule has 6 nitrogen and oxygen atoms in total. The number of nitrogens with zero attached hydrogens (tertiary/aromatic N) is 3. The van der Waals surface area contributed by atoms with Gasteiger partial charge in [-0.05, 0) is 41.8 Å². The summed E-state index contributed by atoms with van der Waals surface area (Å²) in [5.41, 5.74) is 0.321. The van der Waals surface area contributed by atoms with E-state index in [1.54, 1.807) is 6.08 Å². The molecule has 0 N–H and O–H groups in total. The number of non-ortho nitro benzene ring substituents is 1. The van der Waals surface area contributed by atoms with Gasteiger partial charge in [-0.3, -0.25) is 19.5 Å². The van der Waals surface area contributed by atoms with Crippen molar-refractivity contribution < 1.29 is 18.1 Å². The van der Waals surface area contributed by atoms with E-state index in [-0.39, 0.29) is 16.6 Å². The predicted molar refractivity (Wildman–Crippen MR) is 96.6 cm³/mol. The molecule has 0 unspecified atom stereocenters. The van der Waals surface area contributed by atoms with Crippen LogP contribution in [0.3, 0.4) is 0 Å². The van der Waals surface area contributed by atoms with Crippen molar-refractivity contribution >= 4 is 28.2 Å². The second-order valence-electron chi connectivity index (χ2n) is 6.39. The molecule has 0 atom stereocenters. The second kappa shape index (κ2) is 6.29. The largest absolute Gasteiger partial charge is 0.416 e. The Balaban J connectivity index is 1.78. The third kappa shape index (κ3) is 3.04. The maximum Gasteiger partial charge on any atom is 0.416 e. The van der Waals surface area contributed by atoms with Crippen molar-refractivity contribution in [2.45, 2.75) is 19.1 Å². The Morgan fingerprint density at radius 2 is 1.86 bits per heavy atom. The minimum absolute atomic E-state index is 0.161. The maximum atomic E-state index is 12.7. The number of nitro benzene ring substituents is 1. The molecule has 0 spiro atoms. The molecular weight excluding hydrogens is 375 g/mol. The molecule has 1 aromatic heterocycles. The monoisotopic (exact) mass is 387 g/mol. The number of allylic oxidation sites excluding steroid dienone is 1. The van der Waals surface area contributed by atoms with Crippen LogP contribution >= 0.6 is 0 Å². The van der Waals surface area contributed by atoms with Crippen molar-refractivity contribution in [2.24, 2.45) is 0 Å². The number of hydrogen-bond acceptors (Lipinski definition) is 4. The Bertz CT molecular complexity index is 1200. The summed E-state index contributed by atoms with van der Waals surface area (Å²) in [6.45, 7) is 0.353. The van der Waals surface area contributed by atoms with Crippen LogP contribution in [0.5, 0.6) is 0 Å². The molecule has 0 amide bonds. The Morgan fingerprint density at radius 1 is 1.14 bits per heavy atom. The Labute approximate surface area is 155 Å². The number of rotatable bonds is 2. The molecule has 1 aliphatic rings. The summed E-state index contributed by atoms with van der Waals surface area (Å²) in [4.78, 5) is 27.5. The highest BCUT2D eigenvalue weighted by Gasteiger charge is 2.30. The van der Waals surface area contributed by atoms with Gasteiger partial charge in [0, 0.05) is 18.7 Å². The summed E-state index contributed by atoms with van der Waals surface area (Å²) in [5, 5.41) is 11.1. The fourth-order valence-corrected chi connectivity index (χ4v) is 3.23. The van der Waals surface area contributed by atoms with Crippen LogP contribution in [0.1, 0.15) is 23.4 Å². The summed E-state index contributed by atoms with van der Waals surface area (Å²) >= 11 is 0. The van der Waals surface area contributed by atoms with Crippen LogP contribution in [0.2, 0.25) is 0 Å². The molecule has 0 fully saturated rings. The lowest BCUT2D eigenvalue weighted by molar-refractivity contribution is -0.384. The molecule has 0 saturated carbocycles. The van der Waals surface area contributed by atoms with E-state index in [0.29, 0.717) is 29.9 Å². The van der Waals surface area contributed by atoms with E-state index in [9.17, 15) is 28.1 Å². The minimum Gasteiger partial charge on any atom is -0.292 e. The Hall–Kier alpha value is -3.49. The molecule has 9 heteroatoms. The number of hydrogen-bond donors (Lipinski definition) is 0. The van der Waals surface area contributed by atoms with Crippen molar-refractivity contribution in [2.75, 3.05) is 0 Å². The fraction of sp³-hybridized carbons (Fsp3) is 0.158. The van der Waals surface area contributed by atoms with Crippen molar-refractivity contribution in [3.05, 3.63) is 79.9 Å². The molecular formula is C19H12F3N3O3. The van der Waals surface area contributed by atoms with Gasteiger partial charge in [-0.1, -0.05) is 12.1 Å². The third-order valence-corrected chi connectivity index (χ3v) is 4.62. The van der Waals surface area contributed by atoms with Gasteiger partial charge >= 0.3 is 6.18 Å².